The first kappa shape index (κ1) is 21.0. The van der Waals surface area contributed by atoms with Gasteiger partial charge in [-0.1, -0.05) is 12.1 Å². The third-order valence-corrected chi connectivity index (χ3v) is 5.93. The molecule has 1 aliphatic rings. The van der Waals surface area contributed by atoms with Crippen LogP contribution < -0.4 is 15.0 Å². The van der Waals surface area contributed by atoms with E-state index in [1.165, 1.54) is 19.3 Å². The number of carbonyl (C=O) groups excluding carboxylic acids is 1. The standard InChI is InChI=1S/C25H30N4O2/c1-18-14-23(19(2)29(18)21-8-7-9-22(15-21)31-3)25(30)27-17-20-10-11-24(26-16-20)28-12-5-4-6-13-28/h7-11,14-16H,4-6,12-13,17H2,1-3H3,(H,27,30). The molecule has 1 aliphatic heterocycles. The van der Waals surface area contributed by atoms with E-state index in [0.717, 1.165) is 47.3 Å². The monoisotopic (exact) mass is 418 g/mol. The summed E-state index contributed by atoms with van der Waals surface area (Å²) >= 11 is 0. The molecule has 0 unspecified atom stereocenters. The van der Waals surface area contributed by atoms with Gasteiger partial charge in [-0.2, -0.15) is 0 Å². The fourth-order valence-corrected chi connectivity index (χ4v) is 4.25. The van der Waals surface area contributed by atoms with E-state index >= 15 is 0 Å². The number of aromatic nitrogens is 2. The second-order valence-corrected chi connectivity index (χ2v) is 8.08. The van der Waals surface area contributed by atoms with Gasteiger partial charge >= 0.3 is 0 Å². The second-order valence-electron chi connectivity index (χ2n) is 8.08. The highest BCUT2D eigenvalue weighted by Crippen LogP contribution is 2.24. The van der Waals surface area contributed by atoms with Crippen molar-refractivity contribution in [1.29, 1.82) is 0 Å². The van der Waals surface area contributed by atoms with Crippen molar-refractivity contribution in [1.82, 2.24) is 14.9 Å². The van der Waals surface area contributed by atoms with Gasteiger partial charge in [-0.3, -0.25) is 4.79 Å². The van der Waals surface area contributed by atoms with Gasteiger partial charge in [0, 0.05) is 49.0 Å². The van der Waals surface area contributed by atoms with Crippen molar-refractivity contribution in [2.24, 2.45) is 0 Å². The first-order valence-electron chi connectivity index (χ1n) is 10.9. The SMILES string of the molecule is COc1cccc(-n2c(C)cc(C(=O)NCc3ccc(N4CCCCC4)nc3)c2C)c1. The van der Waals surface area contributed by atoms with Crippen LogP contribution in [-0.4, -0.2) is 35.7 Å². The molecule has 4 rings (SSSR count). The lowest BCUT2D eigenvalue weighted by atomic mass is 10.1. The van der Waals surface area contributed by atoms with Crippen molar-refractivity contribution in [3.63, 3.8) is 0 Å². The average molecular weight is 419 g/mol. The number of rotatable bonds is 6. The largest absolute Gasteiger partial charge is 0.497 e. The fraction of sp³-hybridized carbons (Fsp3) is 0.360. The molecule has 3 heterocycles. The Morgan fingerprint density at radius 3 is 2.61 bits per heavy atom. The summed E-state index contributed by atoms with van der Waals surface area (Å²) in [6.45, 7) is 6.58. The molecule has 0 aliphatic carbocycles. The van der Waals surface area contributed by atoms with Gasteiger partial charge in [-0.05, 0) is 62.9 Å². The maximum Gasteiger partial charge on any atom is 0.253 e. The molecule has 1 amide bonds. The lowest BCUT2D eigenvalue weighted by Crippen LogP contribution is -2.30. The third-order valence-electron chi connectivity index (χ3n) is 5.93. The number of nitrogens with one attached hydrogen (secondary N) is 1. The molecular weight excluding hydrogens is 388 g/mol. The summed E-state index contributed by atoms with van der Waals surface area (Å²) in [7, 11) is 1.65. The highest BCUT2D eigenvalue weighted by Gasteiger charge is 2.17. The number of aryl methyl sites for hydroxylation is 1. The maximum atomic E-state index is 12.9. The van der Waals surface area contributed by atoms with Crippen molar-refractivity contribution < 1.29 is 9.53 Å². The Morgan fingerprint density at radius 1 is 1.10 bits per heavy atom. The molecule has 0 spiro atoms. The number of hydrogen-bond donors (Lipinski definition) is 1. The Hall–Kier alpha value is -3.28. The van der Waals surface area contributed by atoms with Gasteiger partial charge in [-0.15, -0.1) is 0 Å². The van der Waals surface area contributed by atoms with E-state index in [1.54, 1.807) is 7.11 Å². The molecular formula is C25H30N4O2. The average Bonchev–Trinajstić information content (AvgIpc) is 3.12. The Bertz CT molecular complexity index is 1050. The predicted octanol–water partition coefficient (Wildman–Crippen LogP) is 4.42. The van der Waals surface area contributed by atoms with Crippen molar-refractivity contribution in [3.8, 4) is 11.4 Å². The summed E-state index contributed by atoms with van der Waals surface area (Å²) in [6, 6.07) is 13.9. The number of anilines is 1. The number of ether oxygens (including phenoxy) is 1. The van der Waals surface area contributed by atoms with Crippen molar-refractivity contribution in [3.05, 3.63) is 71.2 Å². The molecule has 31 heavy (non-hydrogen) atoms. The molecule has 6 nitrogen and oxygen atoms in total. The van der Waals surface area contributed by atoms with Crippen LogP contribution in [0.3, 0.4) is 0 Å². The molecule has 1 saturated heterocycles. The minimum absolute atomic E-state index is 0.0812. The van der Waals surface area contributed by atoms with Crippen molar-refractivity contribution in [2.75, 3.05) is 25.1 Å². The van der Waals surface area contributed by atoms with Crippen LogP contribution in [0.5, 0.6) is 5.75 Å². The Kier molecular flexibility index (Phi) is 6.26. The molecule has 1 aromatic carbocycles. The minimum atomic E-state index is -0.0812. The van der Waals surface area contributed by atoms with Gasteiger partial charge in [0.15, 0.2) is 0 Å². The van der Waals surface area contributed by atoms with Crippen LogP contribution in [0.1, 0.15) is 46.6 Å². The van der Waals surface area contributed by atoms with Crippen LogP contribution in [0.25, 0.3) is 5.69 Å². The van der Waals surface area contributed by atoms with E-state index in [-0.39, 0.29) is 5.91 Å². The van der Waals surface area contributed by atoms with E-state index in [0.29, 0.717) is 12.1 Å². The quantitative estimate of drug-likeness (QED) is 0.644. The van der Waals surface area contributed by atoms with Gasteiger partial charge in [0.25, 0.3) is 5.91 Å². The molecule has 1 fully saturated rings. The number of hydrogen-bond acceptors (Lipinski definition) is 4. The Morgan fingerprint density at radius 2 is 1.90 bits per heavy atom. The van der Waals surface area contributed by atoms with E-state index < -0.39 is 0 Å². The van der Waals surface area contributed by atoms with Crippen molar-refractivity contribution >= 4 is 11.7 Å². The molecule has 6 heteroatoms. The van der Waals surface area contributed by atoms with Crippen LogP contribution >= 0.6 is 0 Å². The van der Waals surface area contributed by atoms with Gasteiger partial charge in [0.1, 0.15) is 11.6 Å². The number of amides is 1. The van der Waals surface area contributed by atoms with E-state index in [9.17, 15) is 4.79 Å². The summed E-state index contributed by atoms with van der Waals surface area (Å²) in [5, 5.41) is 3.04. The first-order valence-corrected chi connectivity index (χ1v) is 10.9. The van der Waals surface area contributed by atoms with Crippen LogP contribution in [-0.2, 0) is 6.54 Å². The van der Waals surface area contributed by atoms with Gasteiger partial charge in [-0.25, -0.2) is 4.98 Å². The number of methoxy groups -OCH3 is 1. The topological polar surface area (TPSA) is 59.4 Å². The summed E-state index contributed by atoms with van der Waals surface area (Å²) in [5.41, 5.74) is 4.56. The molecule has 0 saturated carbocycles. The van der Waals surface area contributed by atoms with E-state index in [4.69, 9.17) is 4.74 Å². The van der Waals surface area contributed by atoms with E-state index in [1.807, 2.05) is 50.4 Å². The second kappa shape index (κ2) is 9.25. The molecule has 0 radical (unpaired) electrons. The van der Waals surface area contributed by atoms with Crippen LogP contribution in [0, 0.1) is 13.8 Å². The smallest absolute Gasteiger partial charge is 0.253 e. The molecule has 2 aromatic heterocycles. The predicted molar refractivity (Wildman–Crippen MR) is 123 cm³/mol. The summed E-state index contributed by atoms with van der Waals surface area (Å²) in [6.07, 6.45) is 5.63. The zero-order chi connectivity index (χ0) is 21.8. The number of pyridine rings is 1. The summed E-state index contributed by atoms with van der Waals surface area (Å²) in [4.78, 5) is 19.8. The zero-order valence-corrected chi connectivity index (χ0v) is 18.5. The van der Waals surface area contributed by atoms with Gasteiger partial charge in [0.2, 0.25) is 0 Å². The maximum absolute atomic E-state index is 12.9. The fourth-order valence-electron chi connectivity index (χ4n) is 4.25. The zero-order valence-electron chi connectivity index (χ0n) is 18.5. The Balaban J connectivity index is 1.44. The lowest BCUT2D eigenvalue weighted by molar-refractivity contribution is 0.0950. The van der Waals surface area contributed by atoms with Crippen LogP contribution in [0.4, 0.5) is 5.82 Å². The highest BCUT2D eigenvalue weighted by atomic mass is 16.5. The molecule has 0 atom stereocenters. The third kappa shape index (κ3) is 4.58. The normalized spacial score (nSPS) is 13.8. The first-order chi connectivity index (χ1) is 15.1. The molecule has 1 N–H and O–H groups in total. The number of benzene rings is 1. The molecule has 0 bridgehead atoms. The van der Waals surface area contributed by atoms with Gasteiger partial charge < -0.3 is 19.5 Å². The lowest BCUT2D eigenvalue weighted by Gasteiger charge is -2.27. The number of nitrogens with zero attached hydrogens (tertiary/aromatic N) is 3. The van der Waals surface area contributed by atoms with Gasteiger partial charge in [0.05, 0.1) is 12.7 Å². The number of carbonyl (C=O) groups is 1. The van der Waals surface area contributed by atoms with Crippen molar-refractivity contribution in [2.45, 2.75) is 39.7 Å². The van der Waals surface area contributed by atoms with Crippen LogP contribution in [0.2, 0.25) is 0 Å². The summed E-state index contributed by atoms with van der Waals surface area (Å²) < 4.78 is 7.42. The highest BCUT2D eigenvalue weighted by molar-refractivity contribution is 5.95. The number of piperidine rings is 1. The minimum Gasteiger partial charge on any atom is -0.497 e. The van der Waals surface area contributed by atoms with Crippen LogP contribution in [0.15, 0.2) is 48.7 Å². The summed E-state index contributed by atoms with van der Waals surface area (Å²) in [5.74, 6) is 1.73. The molecule has 3 aromatic rings. The Labute approximate surface area is 183 Å². The van der Waals surface area contributed by atoms with E-state index in [2.05, 4.69) is 31.9 Å². The molecule has 162 valence electrons.